The van der Waals surface area contributed by atoms with Crippen LogP contribution in [0, 0.1) is 17.2 Å². The van der Waals surface area contributed by atoms with Crippen LogP contribution in [0.4, 0.5) is 0 Å². The molecule has 0 aliphatic heterocycles. The molecule has 0 aromatic heterocycles. The number of ether oxygens (including phenoxy) is 1. The summed E-state index contributed by atoms with van der Waals surface area (Å²) in [7, 11) is -2.41. The van der Waals surface area contributed by atoms with E-state index in [9.17, 15) is 8.42 Å². The number of nitrogens with one attached hydrogen (secondary N) is 1. The fourth-order valence-electron chi connectivity index (χ4n) is 3.19. The van der Waals surface area contributed by atoms with Crippen LogP contribution >= 0.6 is 12.4 Å². The van der Waals surface area contributed by atoms with Crippen molar-refractivity contribution in [3.8, 4) is 11.8 Å². The van der Waals surface area contributed by atoms with Gasteiger partial charge in [-0.2, -0.15) is 5.26 Å². The standard InChI is InChI=1S/C16H23N3O3S.ClH/c1-12-5-3-4-8-16(12,11-18)19-23(20,21)15-7-6-13(10-17)9-14(15)22-2;/h6-7,9,12,19H,3-5,8,11,18H2,1-2H3;1H. The smallest absolute Gasteiger partial charge is 0.244 e. The Kier molecular flexibility index (Phi) is 7.05. The first-order valence-electron chi connectivity index (χ1n) is 7.71. The molecule has 0 amide bonds. The van der Waals surface area contributed by atoms with Crippen LogP contribution in [0.15, 0.2) is 23.1 Å². The second-order valence-corrected chi connectivity index (χ2v) is 7.74. The third-order valence-corrected chi connectivity index (χ3v) is 6.33. The van der Waals surface area contributed by atoms with Crippen LogP contribution in [-0.4, -0.2) is 27.6 Å². The lowest BCUT2D eigenvalue weighted by molar-refractivity contribution is 0.191. The summed E-state index contributed by atoms with van der Waals surface area (Å²) in [6, 6.07) is 6.27. The number of nitrogens with two attached hydrogens (primary N) is 1. The minimum absolute atomic E-state index is 0. The van der Waals surface area contributed by atoms with Gasteiger partial charge in [-0.05, 0) is 37.0 Å². The zero-order valence-electron chi connectivity index (χ0n) is 13.9. The lowest BCUT2D eigenvalue weighted by Crippen LogP contribution is -2.58. The van der Waals surface area contributed by atoms with Gasteiger partial charge in [-0.25, -0.2) is 13.1 Å². The highest BCUT2D eigenvalue weighted by molar-refractivity contribution is 7.89. The van der Waals surface area contributed by atoms with E-state index in [1.165, 1.54) is 25.3 Å². The van der Waals surface area contributed by atoms with Gasteiger partial charge in [0.15, 0.2) is 0 Å². The SMILES string of the molecule is COc1cc(C#N)ccc1S(=O)(=O)NC1(CN)CCCCC1C.Cl. The summed E-state index contributed by atoms with van der Waals surface area (Å²) in [5.74, 6) is 0.326. The second-order valence-electron chi connectivity index (χ2n) is 6.09. The lowest BCUT2D eigenvalue weighted by Gasteiger charge is -2.42. The van der Waals surface area contributed by atoms with Gasteiger partial charge in [0, 0.05) is 12.1 Å². The topological polar surface area (TPSA) is 105 Å². The van der Waals surface area contributed by atoms with E-state index in [-0.39, 0.29) is 35.5 Å². The number of nitriles is 1. The molecular formula is C16H24ClN3O3S. The summed E-state index contributed by atoms with van der Waals surface area (Å²) in [4.78, 5) is 0.0320. The van der Waals surface area contributed by atoms with E-state index >= 15 is 0 Å². The van der Waals surface area contributed by atoms with E-state index in [0.717, 1.165) is 25.7 Å². The third kappa shape index (κ3) is 4.01. The molecular weight excluding hydrogens is 350 g/mol. The molecule has 8 heteroatoms. The Labute approximate surface area is 149 Å². The zero-order chi connectivity index (χ0) is 17.1. The largest absolute Gasteiger partial charge is 0.495 e. The van der Waals surface area contributed by atoms with Crippen LogP contribution in [0.2, 0.25) is 0 Å². The molecule has 134 valence electrons. The van der Waals surface area contributed by atoms with E-state index in [1.807, 2.05) is 13.0 Å². The first-order valence-corrected chi connectivity index (χ1v) is 9.19. The first kappa shape index (κ1) is 20.7. The molecule has 0 radical (unpaired) electrons. The predicted molar refractivity (Wildman–Crippen MR) is 94.7 cm³/mol. The van der Waals surface area contributed by atoms with Gasteiger partial charge in [0.2, 0.25) is 10.0 Å². The van der Waals surface area contributed by atoms with Crippen molar-refractivity contribution in [3.05, 3.63) is 23.8 Å². The quantitative estimate of drug-likeness (QED) is 0.822. The molecule has 1 aromatic rings. The van der Waals surface area contributed by atoms with Gasteiger partial charge >= 0.3 is 0 Å². The first-order chi connectivity index (χ1) is 10.9. The van der Waals surface area contributed by atoms with Crippen LogP contribution in [0.25, 0.3) is 0 Å². The van der Waals surface area contributed by atoms with Crippen LogP contribution in [0.3, 0.4) is 0 Å². The van der Waals surface area contributed by atoms with Gasteiger partial charge in [0.1, 0.15) is 10.6 Å². The van der Waals surface area contributed by atoms with Gasteiger partial charge in [-0.3, -0.25) is 0 Å². The molecule has 0 saturated heterocycles. The van der Waals surface area contributed by atoms with Crippen molar-refractivity contribution in [3.63, 3.8) is 0 Å². The maximum absolute atomic E-state index is 12.9. The number of sulfonamides is 1. The molecule has 0 heterocycles. The molecule has 2 unspecified atom stereocenters. The van der Waals surface area contributed by atoms with Crippen LogP contribution in [-0.2, 0) is 10.0 Å². The molecule has 1 aliphatic rings. The van der Waals surface area contributed by atoms with Crippen molar-refractivity contribution in [2.75, 3.05) is 13.7 Å². The average Bonchev–Trinajstić information content (AvgIpc) is 2.56. The van der Waals surface area contributed by atoms with Crippen LogP contribution in [0.1, 0.15) is 38.2 Å². The molecule has 2 atom stereocenters. The Morgan fingerprint density at radius 3 is 2.71 bits per heavy atom. The molecule has 3 N–H and O–H groups in total. The number of hydrogen-bond donors (Lipinski definition) is 2. The lowest BCUT2D eigenvalue weighted by atomic mass is 9.74. The average molecular weight is 374 g/mol. The fourth-order valence-corrected chi connectivity index (χ4v) is 4.88. The Morgan fingerprint density at radius 2 is 2.17 bits per heavy atom. The predicted octanol–water partition coefficient (Wildman–Crippen LogP) is 2.17. The summed E-state index contributed by atoms with van der Waals surface area (Å²) in [6.45, 7) is 2.29. The molecule has 6 nitrogen and oxygen atoms in total. The number of rotatable bonds is 5. The molecule has 0 spiro atoms. The van der Waals surface area contributed by atoms with Crippen molar-refractivity contribution >= 4 is 22.4 Å². The minimum Gasteiger partial charge on any atom is -0.495 e. The molecule has 24 heavy (non-hydrogen) atoms. The third-order valence-electron chi connectivity index (χ3n) is 4.74. The van der Waals surface area contributed by atoms with Gasteiger partial charge in [-0.15, -0.1) is 12.4 Å². The molecule has 1 aromatic carbocycles. The molecule has 1 fully saturated rings. The molecule has 1 saturated carbocycles. The van der Waals surface area contributed by atoms with E-state index in [1.54, 1.807) is 0 Å². The number of halogens is 1. The maximum atomic E-state index is 12.9. The zero-order valence-corrected chi connectivity index (χ0v) is 15.5. The van der Waals surface area contributed by atoms with Crippen molar-refractivity contribution in [2.45, 2.75) is 43.0 Å². The summed E-state index contributed by atoms with van der Waals surface area (Å²) in [6.07, 6.45) is 3.71. The van der Waals surface area contributed by atoms with Crippen molar-refractivity contribution in [1.82, 2.24) is 4.72 Å². The highest BCUT2D eigenvalue weighted by Crippen LogP contribution is 2.35. The van der Waals surface area contributed by atoms with Gasteiger partial charge in [-0.1, -0.05) is 19.8 Å². The Hall–Kier alpha value is -1.33. The van der Waals surface area contributed by atoms with Crippen molar-refractivity contribution < 1.29 is 13.2 Å². The number of nitrogens with zero attached hydrogens (tertiary/aromatic N) is 1. The van der Waals surface area contributed by atoms with E-state index in [4.69, 9.17) is 15.7 Å². The molecule has 2 rings (SSSR count). The van der Waals surface area contributed by atoms with Gasteiger partial charge in [0.25, 0.3) is 0 Å². The Bertz CT molecular complexity index is 718. The van der Waals surface area contributed by atoms with Gasteiger partial charge < -0.3 is 10.5 Å². The van der Waals surface area contributed by atoms with E-state index in [2.05, 4.69) is 4.72 Å². The normalized spacial score (nSPS) is 23.8. The maximum Gasteiger partial charge on any atom is 0.244 e. The van der Waals surface area contributed by atoms with Crippen LogP contribution in [0.5, 0.6) is 5.75 Å². The molecule has 0 bridgehead atoms. The second kappa shape index (κ2) is 8.17. The minimum atomic E-state index is -3.80. The molecule has 1 aliphatic carbocycles. The Balaban J connectivity index is 0.00000288. The summed E-state index contributed by atoms with van der Waals surface area (Å²) < 4.78 is 33.7. The van der Waals surface area contributed by atoms with Crippen LogP contribution < -0.4 is 15.2 Å². The number of methoxy groups -OCH3 is 1. The van der Waals surface area contributed by atoms with Crippen molar-refractivity contribution in [1.29, 1.82) is 5.26 Å². The summed E-state index contributed by atoms with van der Waals surface area (Å²) in [5.41, 5.74) is 5.65. The highest BCUT2D eigenvalue weighted by atomic mass is 35.5. The van der Waals surface area contributed by atoms with Crippen molar-refractivity contribution in [2.24, 2.45) is 11.7 Å². The number of benzene rings is 1. The highest BCUT2D eigenvalue weighted by Gasteiger charge is 2.41. The fraction of sp³-hybridized carbons (Fsp3) is 0.562. The monoisotopic (exact) mass is 373 g/mol. The summed E-state index contributed by atoms with van der Waals surface area (Å²) in [5, 5.41) is 8.94. The van der Waals surface area contributed by atoms with E-state index in [0.29, 0.717) is 5.56 Å². The number of hydrogen-bond acceptors (Lipinski definition) is 5. The Morgan fingerprint density at radius 1 is 1.46 bits per heavy atom. The summed E-state index contributed by atoms with van der Waals surface area (Å²) >= 11 is 0. The van der Waals surface area contributed by atoms with E-state index < -0.39 is 15.6 Å². The van der Waals surface area contributed by atoms with Gasteiger partial charge in [0.05, 0.1) is 18.7 Å².